The number of hydrogen-bond donors (Lipinski definition) is 1. The molecule has 96 valence electrons. The predicted molar refractivity (Wildman–Crippen MR) is 62.9 cm³/mol. The van der Waals surface area contributed by atoms with Gasteiger partial charge in [0.05, 0.1) is 6.54 Å². The van der Waals surface area contributed by atoms with Gasteiger partial charge in [0.25, 0.3) is 6.43 Å². The fraction of sp³-hybridized carbons (Fsp3) is 1.00. The van der Waals surface area contributed by atoms with E-state index in [1.54, 1.807) is 11.9 Å². The van der Waals surface area contributed by atoms with Crippen LogP contribution in [0.5, 0.6) is 0 Å². The number of nitrogens with one attached hydrogen (secondary N) is 1. The fourth-order valence-electron chi connectivity index (χ4n) is 2.67. The van der Waals surface area contributed by atoms with Gasteiger partial charge in [-0.3, -0.25) is 0 Å². The Morgan fingerprint density at radius 1 is 1.31 bits per heavy atom. The quantitative estimate of drug-likeness (QED) is 0.759. The van der Waals surface area contributed by atoms with Crippen LogP contribution in [0.25, 0.3) is 0 Å². The maximum absolute atomic E-state index is 12.2. The third-order valence-corrected chi connectivity index (χ3v) is 3.37. The highest BCUT2D eigenvalue weighted by atomic mass is 19.3. The SMILES string of the molecule is CCNC1CCCCC1CN(C)CC(F)F. The van der Waals surface area contributed by atoms with E-state index >= 15 is 0 Å². The van der Waals surface area contributed by atoms with Gasteiger partial charge in [0.1, 0.15) is 0 Å². The molecule has 0 spiro atoms. The lowest BCUT2D eigenvalue weighted by Gasteiger charge is -2.34. The normalized spacial score (nSPS) is 26.6. The first kappa shape index (κ1) is 13.8. The van der Waals surface area contributed by atoms with Crippen LogP contribution in [-0.2, 0) is 0 Å². The molecule has 1 N–H and O–H groups in total. The molecule has 16 heavy (non-hydrogen) atoms. The molecule has 1 aliphatic carbocycles. The van der Waals surface area contributed by atoms with Gasteiger partial charge >= 0.3 is 0 Å². The average Bonchev–Trinajstić information content (AvgIpc) is 2.20. The highest BCUT2D eigenvalue weighted by Gasteiger charge is 2.25. The van der Waals surface area contributed by atoms with Crippen molar-refractivity contribution in [1.29, 1.82) is 0 Å². The van der Waals surface area contributed by atoms with Crippen LogP contribution in [0.3, 0.4) is 0 Å². The average molecular weight is 234 g/mol. The number of alkyl halides is 2. The molecule has 1 aliphatic rings. The van der Waals surface area contributed by atoms with Crippen LogP contribution < -0.4 is 5.32 Å². The third kappa shape index (κ3) is 4.74. The summed E-state index contributed by atoms with van der Waals surface area (Å²) in [5, 5.41) is 3.48. The molecule has 0 radical (unpaired) electrons. The minimum absolute atomic E-state index is 0.102. The first-order valence-corrected chi connectivity index (χ1v) is 6.33. The van der Waals surface area contributed by atoms with Gasteiger partial charge in [-0.1, -0.05) is 19.8 Å². The van der Waals surface area contributed by atoms with Crippen LogP contribution in [0.2, 0.25) is 0 Å². The lowest BCUT2D eigenvalue weighted by molar-refractivity contribution is 0.0843. The summed E-state index contributed by atoms with van der Waals surface area (Å²) in [4.78, 5) is 1.77. The summed E-state index contributed by atoms with van der Waals surface area (Å²) < 4.78 is 24.5. The van der Waals surface area contributed by atoms with Crippen molar-refractivity contribution in [1.82, 2.24) is 10.2 Å². The standard InChI is InChI=1S/C12H24F2N2/c1-3-15-11-7-5-4-6-10(11)8-16(2)9-12(13)14/h10-12,15H,3-9H2,1-2H3. The van der Waals surface area contributed by atoms with Crippen LogP contribution in [0.4, 0.5) is 8.78 Å². The van der Waals surface area contributed by atoms with Crippen LogP contribution in [0.15, 0.2) is 0 Å². The van der Waals surface area contributed by atoms with Gasteiger partial charge in [0.2, 0.25) is 0 Å². The molecule has 0 heterocycles. The van der Waals surface area contributed by atoms with Gasteiger partial charge in [-0.15, -0.1) is 0 Å². The van der Waals surface area contributed by atoms with Crippen LogP contribution in [0.1, 0.15) is 32.6 Å². The van der Waals surface area contributed by atoms with Crippen molar-refractivity contribution in [2.24, 2.45) is 5.92 Å². The first-order valence-electron chi connectivity index (χ1n) is 6.33. The van der Waals surface area contributed by atoms with Crippen molar-refractivity contribution in [2.45, 2.75) is 45.1 Å². The largest absolute Gasteiger partial charge is 0.314 e. The Balaban J connectivity index is 2.36. The third-order valence-electron chi connectivity index (χ3n) is 3.37. The Labute approximate surface area is 97.4 Å². The lowest BCUT2D eigenvalue weighted by Crippen LogP contribution is -2.44. The second-order valence-electron chi connectivity index (χ2n) is 4.82. The highest BCUT2D eigenvalue weighted by Crippen LogP contribution is 2.25. The summed E-state index contributed by atoms with van der Waals surface area (Å²) in [7, 11) is 1.80. The summed E-state index contributed by atoms with van der Waals surface area (Å²) in [5.74, 6) is 0.539. The first-order chi connectivity index (χ1) is 7.63. The van der Waals surface area contributed by atoms with Crippen molar-refractivity contribution < 1.29 is 8.78 Å². The number of hydrogen-bond acceptors (Lipinski definition) is 2. The molecule has 4 heteroatoms. The van der Waals surface area contributed by atoms with Gasteiger partial charge in [0.15, 0.2) is 0 Å². The Morgan fingerprint density at radius 3 is 2.62 bits per heavy atom. The molecular formula is C12H24F2N2. The van der Waals surface area contributed by atoms with E-state index in [9.17, 15) is 8.78 Å². The summed E-state index contributed by atoms with van der Waals surface area (Å²) in [5.41, 5.74) is 0. The van der Waals surface area contributed by atoms with E-state index in [1.165, 1.54) is 25.7 Å². The van der Waals surface area contributed by atoms with Crippen LogP contribution >= 0.6 is 0 Å². The zero-order chi connectivity index (χ0) is 12.0. The fourth-order valence-corrected chi connectivity index (χ4v) is 2.67. The summed E-state index contributed by atoms with van der Waals surface area (Å²) in [6.45, 7) is 3.77. The molecule has 0 amide bonds. The van der Waals surface area contributed by atoms with Crippen molar-refractivity contribution in [3.05, 3.63) is 0 Å². The van der Waals surface area contributed by atoms with E-state index in [0.29, 0.717) is 12.0 Å². The molecule has 1 saturated carbocycles. The molecule has 1 rings (SSSR count). The molecule has 0 bridgehead atoms. The zero-order valence-corrected chi connectivity index (χ0v) is 10.4. The molecular weight excluding hydrogens is 210 g/mol. The zero-order valence-electron chi connectivity index (χ0n) is 10.4. The van der Waals surface area contributed by atoms with Gasteiger partial charge in [-0.2, -0.15) is 0 Å². The number of rotatable bonds is 6. The minimum atomic E-state index is -2.22. The Bertz CT molecular complexity index is 186. The van der Waals surface area contributed by atoms with Crippen LogP contribution in [0, 0.1) is 5.92 Å². The molecule has 0 aromatic heterocycles. The van der Waals surface area contributed by atoms with Gasteiger partial charge in [0, 0.05) is 12.6 Å². The molecule has 2 unspecified atom stereocenters. The number of nitrogens with zero attached hydrogens (tertiary/aromatic N) is 1. The maximum Gasteiger partial charge on any atom is 0.251 e. The second-order valence-corrected chi connectivity index (χ2v) is 4.82. The summed E-state index contributed by atoms with van der Waals surface area (Å²) >= 11 is 0. The Morgan fingerprint density at radius 2 is 2.00 bits per heavy atom. The van der Waals surface area contributed by atoms with E-state index in [0.717, 1.165) is 13.1 Å². The van der Waals surface area contributed by atoms with Crippen molar-refractivity contribution >= 4 is 0 Å². The lowest BCUT2D eigenvalue weighted by atomic mass is 9.84. The molecule has 2 atom stereocenters. The van der Waals surface area contributed by atoms with E-state index < -0.39 is 6.43 Å². The minimum Gasteiger partial charge on any atom is -0.314 e. The van der Waals surface area contributed by atoms with Gasteiger partial charge in [-0.25, -0.2) is 8.78 Å². The van der Waals surface area contributed by atoms with E-state index in [1.807, 2.05) is 0 Å². The van der Waals surface area contributed by atoms with Crippen molar-refractivity contribution in [3.63, 3.8) is 0 Å². The van der Waals surface area contributed by atoms with Crippen LogP contribution in [-0.4, -0.2) is 44.0 Å². The van der Waals surface area contributed by atoms with Crippen molar-refractivity contribution in [2.75, 3.05) is 26.7 Å². The highest BCUT2D eigenvalue weighted by molar-refractivity contribution is 4.82. The smallest absolute Gasteiger partial charge is 0.251 e. The topological polar surface area (TPSA) is 15.3 Å². The molecule has 1 fully saturated rings. The monoisotopic (exact) mass is 234 g/mol. The maximum atomic E-state index is 12.2. The summed E-state index contributed by atoms with van der Waals surface area (Å²) in [6.07, 6.45) is 2.67. The Kier molecular flexibility index (Phi) is 6.21. The molecule has 0 saturated heterocycles. The van der Waals surface area contributed by atoms with Gasteiger partial charge < -0.3 is 10.2 Å². The molecule has 0 aromatic rings. The predicted octanol–water partition coefficient (Wildman–Crippen LogP) is 2.35. The Hall–Kier alpha value is -0.220. The molecule has 0 aliphatic heterocycles. The molecule has 0 aromatic carbocycles. The van der Waals surface area contributed by atoms with Gasteiger partial charge in [-0.05, 0) is 32.4 Å². The molecule has 2 nitrogen and oxygen atoms in total. The van der Waals surface area contributed by atoms with E-state index in [4.69, 9.17) is 0 Å². The summed E-state index contributed by atoms with van der Waals surface area (Å²) in [6, 6.07) is 0.527. The number of halogens is 2. The van der Waals surface area contributed by atoms with E-state index in [2.05, 4.69) is 12.2 Å². The van der Waals surface area contributed by atoms with Crippen molar-refractivity contribution in [3.8, 4) is 0 Å². The second kappa shape index (κ2) is 7.17. The van der Waals surface area contributed by atoms with E-state index in [-0.39, 0.29) is 6.54 Å².